The summed E-state index contributed by atoms with van der Waals surface area (Å²) in [7, 11) is 0. The van der Waals surface area contributed by atoms with E-state index in [2.05, 4.69) is 20.8 Å². The van der Waals surface area contributed by atoms with E-state index < -0.39 is 0 Å². The topological polar surface area (TPSA) is 26.3 Å². The first-order chi connectivity index (χ1) is 6.63. The Morgan fingerprint density at radius 2 is 1.79 bits per heavy atom. The lowest BCUT2D eigenvalue weighted by atomic mass is 10.00. The Hall–Kier alpha value is -0.530. The molecule has 14 heavy (non-hydrogen) atoms. The lowest BCUT2D eigenvalue weighted by Gasteiger charge is -2.15. The van der Waals surface area contributed by atoms with Gasteiger partial charge in [-0.25, -0.2) is 0 Å². The van der Waals surface area contributed by atoms with Crippen LogP contribution in [0.4, 0.5) is 0 Å². The van der Waals surface area contributed by atoms with Gasteiger partial charge in [0.2, 0.25) is 0 Å². The zero-order chi connectivity index (χ0) is 11.0. The molecule has 0 aliphatic carbocycles. The van der Waals surface area contributed by atoms with Crippen molar-refractivity contribution >= 4 is 5.97 Å². The highest BCUT2D eigenvalue weighted by Gasteiger charge is 2.13. The van der Waals surface area contributed by atoms with Crippen LogP contribution in [0, 0.1) is 5.92 Å². The molecule has 0 amide bonds. The highest BCUT2D eigenvalue weighted by atomic mass is 16.5. The van der Waals surface area contributed by atoms with Crippen molar-refractivity contribution in [1.82, 2.24) is 0 Å². The number of hydrogen-bond acceptors (Lipinski definition) is 2. The second kappa shape index (κ2) is 7.84. The summed E-state index contributed by atoms with van der Waals surface area (Å²) in [4.78, 5) is 11.4. The smallest absolute Gasteiger partial charge is 0.306 e. The molecule has 0 aromatic rings. The molecule has 0 rings (SSSR count). The van der Waals surface area contributed by atoms with Gasteiger partial charge in [0.15, 0.2) is 0 Å². The van der Waals surface area contributed by atoms with Crippen LogP contribution in [0.15, 0.2) is 0 Å². The van der Waals surface area contributed by atoms with Crippen molar-refractivity contribution in [3.05, 3.63) is 0 Å². The molecule has 1 unspecified atom stereocenters. The van der Waals surface area contributed by atoms with Crippen LogP contribution in [-0.2, 0) is 9.53 Å². The van der Waals surface area contributed by atoms with Crippen molar-refractivity contribution < 1.29 is 9.53 Å². The third-order valence-electron chi connectivity index (χ3n) is 2.64. The zero-order valence-corrected chi connectivity index (χ0v) is 10.0. The molecule has 0 radical (unpaired) electrons. The summed E-state index contributed by atoms with van der Waals surface area (Å²) >= 11 is 0. The lowest BCUT2D eigenvalue weighted by molar-refractivity contribution is -0.149. The second-order valence-electron chi connectivity index (χ2n) is 3.98. The fourth-order valence-corrected chi connectivity index (χ4v) is 1.55. The Labute approximate surface area is 88.0 Å². The Balaban J connectivity index is 3.73. The lowest BCUT2D eigenvalue weighted by Crippen LogP contribution is -2.17. The first-order valence-electron chi connectivity index (χ1n) is 5.83. The molecule has 0 fully saturated rings. The minimum Gasteiger partial charge on any atom is -0.463 e. The molecule has 0 bridgehead atoms. The second-order valence-corrected chi connectivity index (χ2v) is 3.98. The van der Waals surface area contributed by atoms with Gasteiger partial charge < -0.3 is 4.74 Å². The van der Waals surface area contributed by atoms with E-state index in [1.54, 1.807) is 0 Å². The van der Waals surface area contributed by atoms with Crippen LogP contribution in [-0.4, -0.2) is 12.1 Å². The first kappa shape index (κ1) is 13.5. The monoisotopic (exact) mass is 200 g/mol. The molecule has 0 aromatic carbocycles. The molecule has 0 saturated heterocycles. The van der Waals surface area contributed by atoms with E-state index >= 15 is 0 Å². The third-order valence-corrected chi connectivity index (χ3v) is 2.64. The number of esters is 1. The van der Waals surface area contributed by atoms with Crippen LogP contribution in [0.1, 0.15) is 59.8 Å². The fourth-order valence-electron chi connectivity index (χ4n) is 1.55. The maximum atomic E-state index is 11.4. The average molecular weight is 200 g/mol. The SMILES string of the molecule is CCCC(C)OC(=O)CC(CC)CC. The Morgan fingerprint density at radius 3 is 2.21 bits per heavy atom. The summed E-state index contributed by atoms with van der Waals surface area (Å²) in [6.07, 6.45) is 4.83. The van der Waals surface area contributed by atoms with Crippen molar-refractivity contribution in [2.75, 3.05) is 0 Å². The summed E-state index contributed by atoms with van der Waals surface area (Å²) in [5.41, 5.74) is 0. The van der Waals surface area contributed by atoms with Gasteiger partial charge in [-0.15, -0.1) is 0 Å². The predicted molar refractivity (Wildman–Crippen MR) is 59.2 cm³/mol. The highest BCUT2D eigenvalue weighted by Crippen LogP contribution is 2.14. The zero-order valence-electron chi connectivity index (χ0n) is 10.0. The van der Waals surface area contributed by atoms with Crippen molar-refractivity contribution in [2.45, 2.75) is 65.9 Å². The van der Waals surface area contributed by atoms with Crippen molar-refractivity contribution in [1.29, 1.82) is 0 Å². The van der Waals surface area contributed by atoms with Crippen LogP contribution in [0.25, 0.3) is 0 Å². The van der Waals surface area contributed by atoms with Gasteiger partial charge in [-0.2, -0.15) is 0 Å². The third kappa shape index (κ3) is 6.01. The van der Waals surface area contributed by atoms with Gasteiger partial charge in [0, 0.05) is 6.42 Å². The highest BCUT2D eigenvalue weighted by molar-refractivity contribution is 5.69. The molecular formula is C12H24O2. The summed E-state index contributed by atoms with van der Waals surface area (Å²) in [5.74, 6) is 0.468. The van der Waals surface area contributed by atoms with Crippen LogP contribution >= 0.6 is 0 Å². The van der Waals surface area contributed by atoms with Gasteiger partial charge in [0.05, 0.1) is 6.10 Å². The predicted octanol–water partition coefficient (Wildman–Crippen LogP) is 3.54. The van der Waals surface area contributed by atoms with E-state index in [1.807, 2.05) is 6.92 Å². The molecule has 0 aliphatic rings. The number of carbonyl (C=O) groups is 1. The van der Waals surface area contributed by atoms with Crippen LogP contribution in [0.2, 0.25) is 0 Å². The van der Waals surface area contributed by atoms with Crippen LogP contribution in [0.3, 0.4) is 0 Å². The van der Waals surface area contributed by atoms with Gasteiger partial charge in [0.1, 0.15) is 0 Å². The van der Waals surface area contributed by atoms with E-state index in [4.69, 9.17) is 4.74 Å². The van der Waals surface area contributed by atoms with Crippen LogP contribution < -0.4 is 0 Å². The molecule has 0 N–H and O–H groups in total. The summed E-state index contributed by atoms with van der Waals surface area (Å²) < 4.78 is 5.29. The first-order valence-corrected chi connectivity index (χ1v) is 5.83. The van der Waals surface area contributed by atoms with E-state index in [1.165, 1.54) is 0 Å². The van der Waals surface area contributed by atoms with Gasteiger partial charge in [-0.05, 0) is 19.3 Å². The molecule has 2 nitrogen and oxygen atoms in total. The molecule has 0 aliphatic heterocycles. The molecule has 84 valence electrons. The molecule has 0 aromatic heterocycles. The minimum absolute atomic E-state index is 0.0281. The summed E-state index contributed by atoms with van der Waals surface area (Å²) in [5, 5.41) is 0. The van der Waals surface area contributed by atoms with Crippen molar-refractivity contribution in [3.63, 3.8) is 0 Å². The fraction of sp³-hybridized carbons (Fsp3) is 0.917. The number of hydrogen-bond donors (Lipinski definition) is 0. The molecule has 0 saturated carbocycles. The van der Waals surface area contributed by atoms with E-state index in [0.717, 1.165) is 25.7 Å². The molecule has 0 heterocycles. The van der Waals surface area contributed by atoms with Gasteiger partial charge in [-0.3, -0.25) is 4.79 Å². The molecular weight excluding hydrogens is 176 g/mol. The molecule has 2 heteroatoms. The number of ether oxygens (including phenoxy) is 1. The van der Waals surface area contributed by atoms with Gasteiger partial charge in [0.25, 0.3) is 0 Å². The van der Waals surface area contributed by atoms with E-state index in [-0.39, 0.29) is 12.1 Å². The minimum atomic E-state index is -0.0281. The summed E-state index contributed by atoms with van der Waals surface area (Å²) in [6.45, 7) is 8.31. The maximum absolute atomic E-state index is 11.4. The molecule has 1 atom stereocenters. The maximum Gasteiger partial charge on any atom is 0.306 e. The molecule has 0 spiro atoms. The van der Waals surface area contributed by atoms with Gasteiger partial charge in [-0.1, -0.05) is 40.0 Å². The van der Waals surface area contributed by atoms with Crippen molar-refractivity contribution in [3.8, 4) is 0 Å². The quantitative estimate of drug-likeness (QED) is 0.587. The van der Waals surface area contributed by atoms with Gasteiger partial charge >= 0.3 is 5.97 Å². The Kier molecular flexibility index (Phi) is 7.54. The summed E-state index contributed by atoms with van der Waals surface area (Å²) in [6, 6.07) is 0. The number of rotatable bonds is 7. The normalized spacial score (nSPS) is 12.9. The Bertz CT molecular complexity index is 150. The Morgan fingerprint density at radius 1 is 1.21 bits per heavy atom. The van der Waals surface area contributed by atoms with Crippen LogP contribution in [0.5, 0.6) is 0 Å². The largest absolute Gasteiger partial charge is 0.463 e. The number of carbonyl (C=O) groups excluding carboxylic acids is 1. The van der Waals surface area contributed by atoms with Crippen molar-refractivity contribution in [2.24, 2.45) is 5.92 Å². The average Bonchev–Trinajstić information content (AvgIpc) is 2.14. The van der Waals surface area contributed by atoms with E-state index in [0.29, 0.717) is 12.3 Å². The van der Waals surface area contributed by atoms with E-state index in [9.17, 15) is 4.79 Å². The standard InChI is InChI=1S/C12H24O2/c1-5-8-10(4)14-12(13)9-11(6-2)7-3/h10-11H,5-9H2,1-4H3.